The molecule has 1 saturated heterocycles. The summed E-state index contributed by atoms with van der Waals surface area (Å²) in [5.41, 5.74) is 2.20. The number of benzene rings is 1. The number of amides is 1. The fraction of sp³-hybridized carbons (Fsp3) is 0.400. The van der Waals surface area contributed by atoms with Crippen molar-refractivity contribution in [3.05, 3.63) is 52.7 Å². The molecule has 1 aliphatic heterocycles. The molecule has 0 spiro atoms. The normalized spacial score (nSPS) is 16.7. The van der Waals surface area contributed by atoms with Crippen LogP contribution in [-0.2, 0) is 9.84 Å². The van der Waals surface area contributed by atoms with Gasteiger partial charge in [-0.05, 0) is 48.6 Å². The van der Waals surface area contributed by atoms with E-state index in [1.54, 1.807) is 18.3 Å². The van der Waals surface area contributed by atoms with E-state index in [4.69, 9.17) is 11.6 Å². The van der Waals surface area contributed by atoms with Crippen LogP contribution < -0.4 is 10.6 Å². The fourth-order valence-corrected chi connectivity index (χ4v) is 4.90. The molecule has 0 radical (unpaired) electrons. The number of anilines is 2. The molecule has 1 fully saturated rings. The van der Waals surface area contributed by atoms with Crippen LogP contribution in [0.4, 0.5) is 11.5 Å². The van der Waals surface area contributed by atoms with Crippen molar-refractivity contribution in [3.8, 4) is 0 Å². The second-order valence-corrected chi connectivity index (χ2v) is 10.1. The first-order valence-corrected chi connectivity index (χ1v) is 11.5. The fourth-order valence-electron chi connectivity index (χ4n) is 3.22. The highest BCUT2D eigenvalue weighted by molar-refractivity contribution is 7.91. The zero-order chi connectivity index (χ0) is 20.3. The van der Waals surface area contributed by atoms with E-state index in [0.717, 1.165) is 11.3 Å². The molecule has 28 heavy (non-hydrogen) atoms. The SMILES string of the molecule is CC(C)c1cc(Nc2cccc(Cl)c2)ncc1C(=O)NC1CCS(=O)(=O)CC1. The van der Waals surface area contributed by atoms with Gasteiger partial charge in [0.1, 0.15) is 15.7 Å². The van der Waals surface area contributed by atoms with Crippen molar-refractivity contribution in [1.29, 1.82) is 0 Å². The van der Waals surface area contributed by atoms with Gasteiger partial charge in [-0.15, -0.1) is 0 Å². The number of nitrogens with zero attached hydrogens (tertiary/aromatic N) is 1. The highest BCUT2D eigenvalue weighted by atomic mass is 35.5. The molecule has 1 amide bonds. The van der Waals surface area contributed by atoms with Crippen LogP contribution in [0.15, 0.2) is 36.5 Å². The number of pyridine rings is 1. The number of carbonyl (C=O) groups excluding carboxylic acids is 1. The molecule has 8 heteroatoms. The van der Waals surface area contributed by atoms with Crippen LogP contribution in [0.2, 0.25) is 5.02 Å². The predicted octanol–water partition coefficient (Wildman–Crippen LogP) is 3.91. The van der Waals surface area contributed by atoms with Crippen LogP contribution in [0, 0.1) is 0 Å². The largest absolute Gasteiger partial charge is 0.349 e. The standard InChI is InChI=1S/C20H24ClN3O3S/c1-13(2)17-11-19(23-16-5-3-4-14(21)10-16)22-12-18(17)20(25)24-15-6-8-28(26,27)9-7-15/h3-5,10-13,15H,6-9H2,1-2H3,(H,22,23)(H,24,25). The lowest BCUT2D eigenvalue weighted by Crippen LogP contribution is -2.41. The van der Waals surface area contributed by atoms with Crippen molar-refractivity contribution in [2.45, 2.75) is 38.6 Å². The Kier molecular flexibility index (Phi) is 6.25. The average molecular weight is 422 g/mol. The number of halogens is 1. The summed E-state index contributed by atoms with van der Waals surface area (Å²) in [4.78, 5) is 17.1. The third-order valence-electron chi connectivity index (χ3n) is 4.79. The Morgan fingerprint density at radius 3 is 2.57 bits per heavy atom. The highest BCUT2D eigenvalue weighted by Crippen LogP contribution is 2.25. The van der Waals surface area contributed by atoms with Crippen LogP contribution in [-0.4, -0.2) is 36.9 Å². The maximum absolute atomic E-state index is 12.8. The van der Waals surface area contributed by atoms with Gasteiger partial charge in [-0.25, -0.2) is 13.4 Å². The smallest absolute Gasteiger partial charge is 0.253 e. The lowest BCUT2D eigenvalue weighted by molar-refractivity contribution is 0.0932. The molecule has 1 aromatic heterocycles. The first-order valence-electron chi connectivity index (χ1n) is 9.27. The van der Waals surface area contributed by atoms with Gasteiger partial charge in [-0.3, -0.25) is 4.79 Å². The molecular weight excluding hydrogens is 398 g/mol. The molecule has 6 nitrogen and oxygen atoms in total. The quantitative estimate of drug-likeness (QED) is 0.764. The second-order valence-electron chi connectivity index (χ2n) is 7.35. The molecule has 150 valence electrons. The number of hydrogen-bond donors (Lipinski definition) is 2. The molecule has 2 N–H and O–H groups in total. The van der Waals surface area contributed by atoms with Crippen molar-refractivity contribution in [3.63, 3.8) is 0 Å². The van der Waals surface area contributed by atoms with Gasteiger partial charge in [0.2, 0.25) is 0 Å². The minimum atomic E-state index is -2.96. The van der Waals surface area contributed by atoms with Crippen molar-refractivity contribution in [2.75, 3.05) is 16.8 Å². The molecule has 0 bridgehead atoms. The molecule has 1 aliphatic rings. The van der Waals surface area contributed by atoms with Gasteiger partial charge < -0.3 is 10.6 Å². The molecule has 2 heterocycles. The lowest BCUT2D eigenvalue weighted by Gasteiger charge is -2.24. The summed E-state index contributed by atoms with van der Waals surface area (Å²) in [5, 5.41) is 6.79. The molecule has 0 aliphatic carbocycles. The van der Waals surface area contributed by atoms with Crippen LogP contribution in [0.1, 0.15) is 48.5 Å². The van der Waals surface area contributed by atoms with E-state index < -0.39 is 9.84 Å². The van der Waals surface area contributed by atoms with Crippen molar-refractivity contribution in [2.24, 2.45) is 0 Å². The topological polar surface area (TPSA) is 88.2 Å². The Balaban J connectivity index is 1.76. The molecular formula is C20H24ClN3O3S. The van der Waals surface area contributed by atoms with Gasteiger partial charge in [-0.2, -0.15) is 0 Å². The Morgan fingerprint density at radius 2 is 1.93 bits per heavy atom. The van der Waals surface area contributed by atoms with E-state index in [9.17, 15) is 13.2 Å². The van der Waals surface area contributed by atoms with E-state index in [2.05, 4.69) is 15.6 Å². The number of nitrogens with one attached hydrogen (secondary N) is 2. The number of aromatic nitrogens is 1. The summed E-state index contributed by atoms with van der Waals surface area (Å²) in [6, 6.07) is 9.08. The first kappa shape index (κ1) is 20.6. The minimum Gasteiger partial charge on any atom is -0.349 e. The van der Waals surface area contributed by atoms with Gasteiger partial charge in [0, 0.05) is 22.9 Å². The van der Waals surface area contributed by atoms with E-state index in [1.165, 1.54) is 0 Å². The Bertz CT molecular complexity index is 962. The van der Waals surface area contributed by atoms with Gasteiger partial charge in [0.05, 0.1) is 17.1 Å². The Hall–Kier alpha value is -2.12. The summed E-state index contributed by atoms with van der Waals surface area (Å²) in [6.07, 6.45) is 2.47. The zero-order valence-corrected chi connectivity index (χ0v) is 17.5. The third-order valence-corrected chi connectivity index (χ3v) is 6.74. The molecule has 2 aromatic rings. The van der Waals surface area contributed by atoms with Gasteiger partial charge in [-0.1, -0.05) is 31.5 Å². The number of rotatable bonds is 5. The van der Waals surface area contributed by atoms with Crippen molar-refractivity contribution in [1.82, 2.24) is 10.3 Å². The molecule has 0 saturated carbocycles. The third kappa shape index (κ3) is 5.23. The summed E-state index contributed by atoms with van der Waals surface area (Å²) >= 11 is 6.02. The van der Waals surface area contributed by atoms with Gasteiger partial charge in [0.15, 0.2) is 0 Å². The van der Waals surface area contributed by atoms with Gasteiger partial charge >= 0.3 is 0 Å². The summed E-state index contributed by atoms with van der Waals surface area (Å²) < 4.78 is 23.1. The van der Waals surface area contributed by atoms with Crippen molar-refractivity contribution >= 4 is 38.9 Å². The Labute approximate surface area is 170 Å². The van der Waals surface area contributed by atoms with Gasteiger partial charge in [0.25, 0.3) is 5.91 Å². The summed E-state index contributed by atoms with van der Waals surface area (Å²) in [5.74, 6) is 0.780. The zero-order valence-electron chi connectivity index (χ0n) is 15.9. The monoisotopic (exact) mass is 421 g/mol. The first-order chi connectivity index (χ1) is 13.2. The van der Waals surface area contributed by atoms with Crippen LogP contribution in [0.25, 0.3) is 0 Å². The van der Waals surface area contributed by atoms with Crippen LogP contribution >= 0.6 is 11.6 Å². The maximum atomic E-state index is 12.8. The van der Waals surface area contributed by atoms with E-state index in [-0.39, 0.29) is 29.4 Å². The number of hydrogen-bond acceptors (Lipinski definition) is 5. The summed E-state index contributed by atoms with van der Waals surface area (Å²) in [7, 11) is -2.96. The van der Waals surface area contributed by atoms with E-state index in [1.807, 2.05) is 32.0 Å². The Morgan fingerprint density at radius 1 is 1.21 bits per heavy atom. The maximum Gasteiger partial charge on any atom is 0.253 e. The minimum absolute atomic E-state index is 0.121. The average Bonchev–Trinajstić information content (AvgIpc) is 2.63. The predicted molar refractivity (Wildman–Crippen MR) is 112 cm³/mol. The molecule has 1 aromatic carbocycles. The molecule has 0 unspecified atom stereocenters. The molecule has 0 atom stereocenters. The number of sulfone groups is 1. The molecule has 3 rings (SSSR count). The number of carbonyl (C=O) groups is 1. The lowest BCUT2D eigenvalue weighted by atomic mass is 9.98. The van der Waals surface area contributed by atoms with E-state index in [0.29, 0.717) is 29.2 Å². The van der Waals surface area contributed by atoms with E-state index >= 15 is 0 Å². The van der Waals surface area contributed by atoms with Crippen LogP contribution in [0.3, 0.4) is 0 Å². The summed E-state index contributed by atoms with van der Waals surface area (Å²) in [6.45, 7) is 4.03. The highest BCUT2D eigenvalue weighted by Gasteiger charge is 2.26. The van der Waals surface area contributed by atoms with Crippen molar-refractivity contribution < 1.29 is 13.2 Å². The second kappa shape index (κ2) is 8.49. The van der Waals surface area contributed by atoms with Crippen LogP contribution in [0.5, 0.6) is 0 Å².